The van der Waals surface area contributed by atoms with Crippen LogP contribution >= 0.6 is 23.2 Å². The zero-order valence-electron chi connectivity index (χ0n) is 20.8. The molecule has 8 nitrogen and oxygen atoms in total. The molecule has 5 rings (SSSR count). The van der Waals surface area contributed by atoms with Gasteiger partial charge in [0.15, 0.2) is 5.82 Å². The van der Waals surface area contributed by atoms with E-state index in [1.54, 1.807) is 35.2 Å². The van der Waals surface area contributed by atoms with E-state index < -0.39 is 11.7 Å². The van der Waals surface area contributed by atoms with E-state index in [1.807, 2.05) is 17.0 Å². The standard InChI is InChI=1S/C28H24Cl2FN5O3/c29-20-6-7-23(24(30)16-20)25-8-9-26(33-32-25)34-10-12-35(13-11-34)27(37)18-36(17-22-5-2-14-39-22)28(38)19-3-1-4-21(31)15-19/h1-9,14-16H,10-13,17-18H2. The molecule has 2 amide bonds. The van der Waals surface area contributed by atoms with Gasteiger partial charge in [-0.05, 0) is 60.7 Å². The van der Waals surface area contributed by atoms with Crippen molar-refractivity contribution in [3.63, 3.8) is 0 Å². The van der Waals surface area contributed by atoms with Gasteiger partial charge >= 0.3 is 0 Å². The van der Waals surface area contributed by atoms with E-state index >= 15 is 0 Å². The third kappa shape index (κ3) is 6.38. The largest absolute Gasteiger partial charge is 0.467 e. The summed E-state index contributed by atoms with van der Waals surface area (Å²) >= 11 is 12.3. The van der Waals surface area contributed by atoms with Crippen LogP contribution in [0.5, 0.6) is 0 Å². The maximum Gasteiger partial charge on any atom is 0.254 e. The highest BCUT2D eigenvalue weighted by atomic mass is 35.5. The number of rotatable bonds is 7. The van der Waals surface area contributed by atoms with Crippen molar-refractivity contribution in [2.45, 2.75) is 6.54 Å². The van der Waals surface area contributed by atoms with Crippen molar-refractivity contribution in [1.29, 1.82) is 0 Å². The molecule has 1 saturated heterocycles. The van der Waals surface area contributed by atoms with E-state index in [0.29, 0.717) is 53.5 Å². The summed E-state index contributed by atoms with van der Waals surface area (Å²) in [5, 5.41) is 9.71. The van der Waals surface area contributed by atoms with Gasteiger partial charge in [0.1, 0.15) is 18.1 Å². The average Bonchev–Trinajstić information content (AvgIpc) is 3.46. The summed E-state index contributed by atoms with van der Waals surface area (Å²) in [6.07, 6.45) is 1.50. The van der Waals surface area contributed by atoms with Gasteiger partial charge in [-0.1, -0.05) is 29.3 Å². The van der Waals surface area contributed by atoms with Crippen molar-refractivity contribution in [3.05, 3.63) is 100 Å². The third-order valence-electron chi connectivity index (χ3n) is 6.43. The van der Waals surface area contributed by atoms with Crippen molar-refractivity contribution < 1.29 is 18.4 Å². The van der Waals surface area contributed by atoms with Gasteiger partial charge in [0, 0.05) is 42.3 Å². The Morgan fingerprint density at radius 3 is 2.44 bits per heavy atom. The van der Waals surface area contributed by atoms with Gasteiger partial charge in [0.05, 0.1) is 23.5 Å². The van der Waals surface area contributed by atoms with Crippen molar-refractivity contribution in [2.24, 2.45) is 0 Å². The molecule has 200 valence electrons. The summed E-state index contributed by atoms with van der Waals surface area (Å²) in [5.41, 5.74) is 1.54. The van der Waals surface area contributed by atoms with Crippen LogP contribution in [0.3, 0.4) is 0 Å². The Bertz CT molecular complexity index is 1460. The van der Waals surface area contributed by atoms with Gasteiger partial charge in [-0.15, -0.1) is 10.2 Å². The Morgan fingerprint density at radius 2 is 1.77 bits per heavy atom. The van der Waals surface area contributed by atoms with Gasteiger partial charge in [-0.2, -0.15) is 0 Å². The second-order valence-electron chi connectivity index (χ2n) is 9.02. The second-order valence-corrected chi connectivity index (χ2v) is 9.86. The molecule has 0 radical (unpaired) electrons. The van der Waals surface area contributed by atoms with Crippen molar-refractivity contribution in [3.8, 4) is 11.3 Å². The number of amides is 2. The quantitative estimate of drug-likeness (QED) is 0.306. The lowest BCUT2D eigenvalue weighted by atomic mass is 10.1. The van der Waals surface area contributed by atoms with E-state index in [1.165, 1.54) is 29.4 Å². The number of carbonyl (C=O) groups is 2. The normalized spacial score (nSPS) is 13.4. The minimum absolute atomic E-state index is 0.0909. The molecule has 4 aromatic rings. The molecular formula is C28H24Cl2FN5O3. The molecule has 0 aliphatic carbocycles. The molecule has 2 aromatic carbocycles. The highest BCUT2D eigenvalue weighted by molar-refractivity contribution is 6.36. The monoisotopic (exact) mass is 567 g/mol. The number of halogens is 3. The lowest BCUT2D eigenvalue weighted by molar-refractivity contribution is -0.132. The molecule has 1 aliphatic rings. The Labute approximate surface area is 234 Å². The minimum Gasteiger partial charge on any atom is -0.467 e. The average molecular weight is 568 g/mol. The number of piperazine rings is 1. The van der Waals surface area contributed by atoms with Crippen LogP contribution in [-0.4, -0.2) is 64.5 Å². The van der Waals surface area contributed by atoms with Gasteiger partial charge in [-0.25, -0.2) is 4.39 Å². The van der Waals surface area contributed by atoms with Gasteiger partial charge < -0.3 is 19.1 Å². The van der Waals surface area contributed by atoms with Crippen LogP contribution in [0.15, 0.2) is 77.4 Å². The molecule has 0 unspecified atom stereocenters. The number of nitrogens with zero attached hydrogens (tertiary/aromatic N) is 5. The first-order valence-corrected chi connectivity index (χ1v) is 13.0. The molecule has 1 aliphatic heterocycles. The SMILES string of the molecule is O=C(CN(Cc1ccco1)C(=O)c1cccc(F)c1)N1CCN(c2ccc(-c3ccc(Cl)cc3Cl)nn2)CC1. The smallest absolute Gasteiger partial charge is 0.254 e. The second kappa shape index (κ2) is 11.8. The van der Waals surface area contributed by atoms with Gasteiger partial charge in [0.25, 0.3) is 5.91 Å². The number of aromatic nitrogens is 2. The lowest BCUT2D eigenvalue weighted by Crippen LogP contribution is -2.52. The molecule has 0 saturated carbocycles. The Balaban J connectivity index is 1.22. The molecule has 2 aromatic heterocycles. The maximum absolute atomic E-state index is 13.7. The number of furan rings is 1. The predicted octanol–water partition coefficient (Wildman–Crippen LogP) is 5.17. The number of carbonyl (C=O) groups excluding carboxylic acids is 2. The summed E-state index contributed by atoms with van der Waals surface area (Å²) < 4.78 is 19.1. The van der Waals surface area contributed by atoms with Crippen LogP contribution in [0.2, 0.25) is 10.0 Å². The van der Waals surface area contributed by atoms with Crippen molar-refractivity contribution in [1.82, 2.24) is 20.0 Å². The third-order valence-corrected chi connectivity index (χ3v) is 6.97. The molecule has 0 N–H and O–H groups in total. The van der Waals surface area contributed by atoms with Crippen LogP contribution in [-0.2, 0) is 11.3 Å². The fraction of sp³-hybridized carbons (Fsp3) is 0.214. The topological polar surface area (TPSA) is 82.8 Å². The molecule has 3 heterocycles. The Kier molecular flexibility index (Phi) is 8.09. The fourth-order valence-electron chi connectivity index (χ4n) is 4.38. The summed E-state index contributed by atoms with van der Waals surface area (Å²) in [6, 6.07) is 17.8. The highest BCUT2D eigenvalue weighted by Crippen LogP contribution is 2.29. The van der Waals surface area contributed by atoms with E-state index in [0.717, 1.165) is 11.6 Å². The Hall–Kier alpha value is -3.95. The number of anilines is 1. The zero-order valence-corrected chi connectivity index (χ0v) is 22.3. The summed E-state index contributed by atoms with van der Waals surface area (Å²) in [6.45, 7) is 1.94. The Morgan fingerprint density at radius 1 is 0.949 bits per heavy atom. The number of benzene rings is 2. The lowest BCUT2D eigenvalue weighted by Gasteiger charge is -2.36. The molecule has 0 spiro atoms. The predicted molar refractivity (Wildman–Crippen MR) is 146 cm³/mol. The fourth-order valence-corrected chi connectivity index (χ4v) is 4.88. The first-order valence-electron chi connectivity index (χ1n) is 12.3. The molecule has 0 bridgehead atoms. The van der Waals surface area contributed by atoms with Crippen LogP contribution in [0, 0.1) is 5.82 Å². The minimum atomic E-state index is -0.520. The maximum atomic E-state index is 13.7. The van der Waals surface area contributed by atoms with E-state index in [4.69, 9.17) is 27.6 Å². The van der Waals surface area contributed by atoms with Gasteiger partial charge in [-0.3, -0.25) is 9.59 Å². The van der Waals surface area contributed by atoms with Crippen molar-refractivity contribution in [2.75, 3.05) is 37.6 Å². The molecular weight excluding hydrogens is 544 g/mol. The molecule has 1 fully saturated rings. The summed E-state index contributed by atoms with van der Waals surface area (Å²) in [5.74, 6) is 0.0448. The van der Waals surface area contributed by atoms with Crippen molar-refractivity contribution >= 4 is 40.8 Å². The molecule has 0 atom stereocenters. The van der Waals surface area contributed by atoms with Gasteiger partial charge in [0.2, 0.25) is 5.91 Å². The molecule has 11 heteroatoms. The summed E-state index contributed by atoms with van der Waals surface area (Å²) in [7, 11) is 0. The van der Waals surface area contributed by atoms with Crippen LogP contribution in [0.1, 0.15) is 16.1 Å². The first kappa shape index (κ1) is 26.6. The van der Waals surface area contributed by atoms with E-state index in [2.05, 4.69) is 10.2 Å². The van der Waals surface area contributed by atoms with E-state index in [-0.39, 0.29) is 24.6 Å². The van der Waals surface area contributed by atoms with Crippen LogP contribution in [0.4, 0.5) is 10.2 Å². The molecule has 39 heavy (non-hydrogen) atoms. The van der Waals surface area contributed by atoms with E-state index in [9.17, 15) is 14.0 Å². The van der Waals surface area contributed by atoms with Crippen LogP contribution < -0.4 is 4.90 Å². The number of hydrogen-bond acceptors (Lipinski definition) is 6. The summed E-state index contributed by atoms with van der Waals surface area (Å²) in [4.78, 5) is 31.5. The zero-order chi connectivity index (χ0) is 27.4. The first-order chi connectivity index (χ1) is 18.9. The van der Waals surface area contributed by atoms with Crippen LogP contribution in [0.25, 0.3) is 11.3 Å². The number of hydrogen-bond donors (Lipinski definition) is 0. The highest BCUT2D eigenvalue weighted by Gasteiger charge is 2.27.